The molecule has 0 radical (unpaired) electrons. The molecule has 0 atom stereocenters. The minimum absolute atomic E-state index is 0.0272. The van der Waals surface area contributed by atoms with E-state index in [-0.39, 0.29) is 11.8 Å². The molecule has 6 heteroatoms. The van der Waals surface area contributed by atoms with E-state index < -0.39 is 0 Å². The number of hydrogen-bond acceptors (Lipinski definition) is 4. The second-order valence-electron chi connectivity index (χ2n) is 5.35. The van der Waals surface area contributed by atoms with Gasteiger partial charge in [0.15, 0.2) is 0 Å². The van der Waals surface area contributed by atoms with Crippen molar-refractivity contribution in [2.24, 2.45) is 0 Å². The summed E-state index contributed by atoms with van der Waals surface area (Å²) in [6, 6.07) is 3.80. The third-order valence-corrected chi connectivity index (χ3v) is 3.95. The number of nitrogens with one attached hydrogen (secondary N) is 1. The Bertz CT molecular complexity index is 585. The molecule has 1 aromatic rings. The van der Waals surface area contributed by atoms with Gasteiger partial charge in [-0.15, -0.1) is 0 Å². The zero-order chi connectivity index (χ0) is 14.3. The predicted octanol–water partition coefficient (Wildman–Crippen LogP) is 0.432. The maximum atomic E-state index is 11.8. The van der Waals surface area contributed by atoms with Gasteiger partial charge in [-0.2, -0.15) is 0 Å². The molecule has 3 N–H and O–H groups in total. The normalized spacial score (nSPS) is 18.9. The first-order valence-corrected chi connectivity index (χ1v) is 6.76. The fourth-order valence-electron chi connectivity index (χ4n) is 2.67. The molecule has 0 aliphatic carbocycles. The van der Waals surface area contributed by atoms with E-state index in [1.165, 1.54) is 0 Å². The lowest BCUT2D eigenvalue weighted by Crippen LogP contribution is -2.48. The number of nitrogens with two attached hydrogens (primary N) is 1. The molecule has 2 aliphatic heterocycles. The number of likely N-dealkylation sites (N-methyl/N-ethyl adjacent to an activating group) is 1. The van der Waals surface area contributed by atoms with Crippen LogP contribution in [0.5, 0.6) is 0 Å². The van der Waals surface area contributed by atoms with Crippen molar-refractivity contribution < 1.29 is 9.59 Å². The lowest BCUT2D eigenvalue weighted by Gasteiger charge is -2.34. The summed E-state index contributed by atoms with van der Waals surface area (Å²) in [5, 5.41) is 2.83. The van der Waals surface area contributed by atoms with Crippen molar-refractivity contribution in [1.29, 1.82) is 0 Å². The van der Waals surface area contributed by atoms with E-state index in [0.29, 0.717) is 25.2 Å². The number of amides is 2. The summed E-state index contributed by atoms with van der Waals surface area (Å²) in [5.41, 5.74) is 9.45. The Kier molecular flexibility index (Phi) is 3.00. The minimum Gasteiger partial charge on any atom is -0.397 e. The van der Waals surface area contributed by atoms with E-state index in [0.717, 1.165) is 29.9 Å². The highest BCUT2D eigenvalue weighted by atomic mass is 16.2. The molecule has 0 unspecified atom stereocenters. The number of aryl methyl sites for hydroxylation is 1. The first kappa shape index (κ1) is 12.8. The number of carbonyl (C=O) groups excluding carboxylic acids is 2. The topological polar surface area (TPSA) is 78.7 Å². The first-order valence-electron chi connectivity index (χ1n) is 6.76. The number of rotatable bonds is 1. The molecule has 0 saturated carbocycles. The Morgan fingerprint density at radius 1 is 1.20 bits per heavy atom. The minimum atomic E-state index is 0.0272. The SMILES string of the molecule is CN1CCN(c2cc3c(cc2N)NC(=O)CC3)CC1=O. The Morgan fingerprint density at radius 3 is 2.75 bits per heavy atom. The van der Waals surface area contributed by atoms with Crippen LogP contribution in [-0.4, -0.2) is 43.4 Å². The van der Waals surface area contributed by atoms with Crippen LogP contribution < -0.4 is 16.0 Å². The molecule has 1 fully saturated rings. The van der Waals surface area contributed by atoms with Crippen LogP contribution in [0.3, 0.4) is 0 Å². The molecule has 2 aliphatic rings. The van der Waals surface area contributed by atoms with Gasteiger partial charge in [0.25, 0.3) is 0 Å². The number of hydrogen-bond donors (Lipinski definition) is 2. The van der Waals surface area contributed by atoms with Gasteiger partial charge in [0.2, 0.25) is 11.8 Å². The zero-order valence-electron chi connectivity index (χ0n) is 11.5. The number of anilines is 3. The van der Waals surface area contributed by atoms with E-state index in [1.807, 2.05) is 18.0 Å². The van der Waals surface area contributed by atoms with E-state index in [4.69, 9.17) is 5.73 Å². The maximum absolute atomic E-state index is 11.8. The van der Waals surface area contributed by atoms with Crippen molar-refractivity contribution in [3.63, 3.8) is 0 Å². The maximum Gasteiger partial charge on any atom is 0.241 e. The molecule has 0 aromatic heterocycles. The van der Waals surface area contributed by atoms with Crippen molar-refractivity contribution in [2.45, 2.75) is 12.8 Å². The van der Waals surface area contributed by atoms with Crippen molar-refractivity contribution >= 4 is 28.9 Å². The molecule has 3 rings (SSSR count). The highest BCUT2D eigenvalue weighted by Gasteiger charge is 2.24. The van der Waals surface area contributed by atoms with Gasteiger partial charge >= 0.3 is 0 Å². The largest absolute Gasteiger partial charge is 0.397 e. The summed E-state index contributed by atoms with van der Waals surface area (Å²) < 4.78 is 0. The molecule has 2 amide bonds. The van der Waals surface area contributed by atoms with Crippen LogP contribution in [0, 0.1) is 0 Å². The second kappa shape index (κ2) is 4.70. The van der Waals surface area contributed by atoms with Crippen LogP contribution in [0.4, 0.5) is 17.1 Å². The number of piperazine rings is 1. The number of benzene rings is 1. The Morgan fingerprint density at radius 2 is 2.00 bits per heavy atom. The van der Waals surface area contributed by atoms with Gasteiger partial charge in [-0.25, -0.2) is 0 Å². The third kappa shape index (κ3) is 2.17. The van der Waals surface area contributed by atoms with E-state index >= 15 is 0 Å². The summed E-state index contributed by atoms with van der Waals surface area (Å²) in [6.07, 6.45) is 1.22. The Labute approximate surface area is 117 Å². The summed E-state index contributed by atoms with van der Waals surface area (Å²) in [5.74, 6) is 0.126. The molecule has 0 spiro atoms. The van der Waals surface area contributed by atoms with E-state index in [2.05, 4.69) is 5.32 Å². The first-order chi connectivity index (χ1) is 9.54. The summed E-state index contributed by atoms with van der Waals surface area (Å²) in [6.45, 7) is 1.83. The Balaban J connectivity index is 1.91. The second-order valence-corrected chi connectivity index (χ2v) is 5.35. The standard InChI is InChI=1S/C14H18N4O2/c1-17-4-5-18(8-14(17)20)12-6-9-2-3-13(19)16-11(9)7-10(12)15/h6-7H,2-5,8,15H2,1H3,(H,16,19). The van der Waals surface area contributed by atoms with Gasteiger partial charge in [0.05, 0.1) is 17.9 Å². The van der Waals surface area contributed by atoms with Crippen molar-refractivity contribution in [3.05, 3.63) is 17.7 Å². The highest BCUT2D eigenvalue weighted by Crippen LogP contribution is 2.33. The lowest BCUT2D eigenvalue weighted by molar-refractivity contribution is -0.129. The molecule has 1 aromatic carbocycles. The van der Waals surface area contributed by atoms with Gasteiger partial charge in [-0.1, -0.05) is 0 Å². The smallest absolute Gasteiger partial charge is 0.241 e. The van der Waals surface area contributed by atoms with E-state index in [1.54, 1.807) is 11.0 Å². The van der Waals surface area contributed by atoms with Crippen LogP contribution in [-0.2, 0) is 16.0 Å². The Hall–Kier alpha value is -2.24. The molecule has 1 saturated heterocycles. The predicted molar refractivity (Wildman–Crippen MR) is 77.7 cm³/mol. The monoisotopic (exact) mass is 274 g/mol. The van der Waals surface area contributed by atoms with Crippen LogP contribution >= 0.6 is 0 Å². The van der Waals surface area contributed by atoms with Crippen LogP contribution in [0.2, 0.25) is 0 Å². The average molecular weight is 274 g/mol. The number of nitrogen functional groups attached to an aromatic ring is 1. The molecule has 0 bridgehead atoms. The third-order valence-electron chi connectivity index (χ3n) is 3.95. The van der Waals surface area contributed by atoms with Crippen molar-refractivity contribution in [2.75, 3.05) is 42.6 Å². The summed E-state index contributed by atoms with van der Waals surface area (Å²) in [7, 11) is 1.81. The summed E-state index contributed by atoms with van der Waals surface area (Å²) >= 11 is 0. The number of nitrogens with zero attached hydrogens (tertiary/aromatic N) is 2. The van der Waals surface area contributed by atoms with Crippen LogP contribution in [0.1, 0.15) is 12.0 Å². The number of carbonyl (C=O) groups is 2. The molecule has 2 heterocycles. The van der Waals surface area contributed by atoms with Gasteiger partial charge in [-0.3, -0.25) is 9.59 Å². The van der Waals surface area contributed by atoms with Crippen molar-refractivity contribution in [3.8, 4) is 0 Å². The highest BCUT2D eigenvalue weighted by molar-refractivity contribution is 5.96. The van der Waals surface area contributed by atoms with Gasteiger partial charge < -0.3 is 20.9 Å². The molecule has 106 valence electrons. The van der Waals surface area contributed by atoms with Crippen LogP contribution in [0.15, 0.2) is 12.1 Å². The molecule has 6 nitrogen and oxygen atoms in total. The van der Waals surface area contributed by atoms with Gasteiger partial charge in [-0.05, 0) is 24.1 Å². The fourth-order valence-corrected chi connectivity index (χ4v) is 2.67. The molecule has 20 heavy (non-hydrogen) atoms. The molecular formula is C14H18N4O2. The summed E-state index contributed by atoms with van der Waals surface area (Å²) in [4.78, 5) is 26.9. The quantitative estimate of drug-likeness (QED) is 0.728. The average Bonchev–Trinajstić information content (AvgIpc) is 2.41. The fraction of sp³-hybridized carbons (Fsp3) is 0.429. The number of fused-ring (bicyclic) bond motifs is 1. The lowest BCUT2D eigenvalue weighted by atomic mass is 10.0. The zero-order valence-corrected chi connectivity index (χ0v) is 11.5. The van der Waals surface area contributed by atoms with Crippen LogP contribution in [0.25, 0.3) is 0 Å². The van der Waals surface area contributed by atoms with Gasteiger partial charge in [0, 0.05) is 32.2 Å². The molecular weight excluding hydrogens is 256 g/mol. The van der Waals surface area contributed by atoms with Crippen molar-refractivity contribution in [1.82, 2.24) is 4.90 Å². The van der Waals surface area contributed by atoms with Gasteiger partial charge in [0.1, 0.15) is 0 Å². The van der Waals surface area contributed by atoms with E-state index in [9.17, 15) is 9.59 Å².